The third kappa shape index (κ3) is 68.3. The highest BCUT2D eigenvalue weighted by Crippen LogP contribution is 2.45. The summed E-state index contributed by atoms with van der Waals surface area (Å²) in [7, 11) is -9.92. The van der Waals surface area contributed by atoms with Crippen LogP contribution in [0.3, 0.4) is 0 Å². The smallest absolute Gasteiger partial charge is 0.462 e. The summed E-state index contributed by atoms with van der Waals surface area (Å²) in [6.07, 6.45) is 52.6. The molecule has 0 aliphatic carbocycles. The number of ether oxygens (including phenoxy) is 4. The van der Waals surface area contributed by atoms with Crippen LogP contribution in [0.2, 0.25) is 0 Å². The molecule has 0 rings (SSSR count). The van der Waals surface area contributed by atoms with Crippen molar-refractivity contribution in [2.24, 2.45) is 23.7 Å². The minimum absolute atomic E-state index is 0.104. The fraction of sp³-hybridized carbons (Fsp3) is 0.949. The molecule has 576 valence electrons. The fourth-order valence-electron chi connectivity index (χ4n) is 11.8. The third-order valence-electron chi connectivity index (χ3n) is 19.2. The first-order valence-electron chi connectivity index (χ1n) is 40.3. The molecule has 0 heterocycles. The van der Waals surface area contributed by atoms with Crippen molar-refractivity contribution in [2.75, 3.05) is 39.6 Å². The zero-order valence-corrected chi connectivity index (χ0v) is 65.5. The van der Waals surface area contributed by atoms with Crippen molar-refractivity contribution >= 4 is 39.5 Å². The number of aliphatic hydroxyl groups is 1. The molecule has 0 fully saturated rings. The largest absolute Gasteiger partial charge is 0.472 e. The maximum absolute atomic E-state index is 13.1. The molecule has 0 saturated heterocycles. The lowest BCUT2D eigenvalue weighted by Crippen LogP contribution is -2.30. The van der Waals surface area contributed by atoms with Crippen LogP contribution in [0.1, 0.15) is 396 Å². The van der Waals surface area contributed by atoms with Gasteiger partial charge < -0.3 is 33.8 Å². The molecule has 0 aliphatic heterocycles. The predicted octanol–water partition coefficient (Wildman–Crippen LogP) is 22.8. The molecule has 0 aromatic heterocycles. The van der Waals surface area contributed by atoms with Gasteiger partial charge in [0.05, 0.1) is 26.4 Å². The van der Waals surface area contributed by atoms with Crippen LogP contribution < -0.4 is 0 Å². The van der Waals surface area contributed by atoms with Crippen LogP contribution in [0.25, 0.3) is 0 Å². The van der Waals surface area contributed by atoms with Gasteiger partial charge in [0.1, 0.15) is 19.3 Å². The van der Waals surface area contributed by atoms with Gasteiger partial charge in [-0.25, -0.2) is 9.13 Å². The molecule has 0 saturated carbocycles. The number of carbonyl (C=O) groups is 4. The number of hydrogen-bond acceptors (Lipinski definition) is 15. The van der Waals surface area contributed by atoms with Crippen LogP contribution in [0.5, 0.6) is 0 Å². The first-order chi connectivity index (χ1) is 46.7. The van der Waals surface area contributed by atoms with Gasteiger partial charge in [0.25, 0.3) is 0 Å². The Balaban J connectivity index is 5.25. The van der Waals surface area contributed by atoms with Gasteiger partial charge in [0.15, 0.2) is 12.2 Å². The van der Waals surface area contributed by atoms with E-state index in [0.717, 1.165) is 120 Å². The summed E-state index contributed by atoms with van der Waals surface area (Å²) in [6.45, 7) is 14.3. The average molecular weight is 1420 g/mol. The molecule has 8 atom stereocenters. The van der Waals surface area contributed by atoms with Crippen molar-refractivity contribution in [1.29, 1.82) is 0 Å². The summed E-state index contributed by atoms with van der Waals surface area (Å²) < 4.78 is 68.6. The molecular formula is C78H152O17P2. The van der Waals surface area contributed by atoms with Gasteiger partial charge in [-0.1, -0.05) is 344 Å². The molecular weight excluding hydrogens is 1270 g/mol. The zero-order chi connectivity index (χ0) is 71.7. The topological polar surface area (TPSA) is 237 Å². The van der Waals surface area contributed by atoms with Gasteiger partial charge in [0, 0.05) is 25.7 Å². The third-order valence-corrected chi connectivity index (χ3v) is 21.1. The Hall–Kier alpha value is -1.94. The molecule has 0 radical (unpaired) electrons. The van der Waals surface area contributed by atoms with Crippen LogP contribution in [0.15, 0.2) is 0 Å². The molecule has 0 spiro atoms. The highest BCUT2D eigenvalue weighted by Gasteiger charge is 2.30. The van der Waals surface area contributed by atoms with Gasteiger partial charge in [-0.15, -0.1) is 0 Å². The summed E-state index contributed by atoms with van der Waals surface area (Å²) in [5, 5.41) is 10.6. The van der Waals surface area contributed by atoms with E-state index in [1.807, 2.05) is 0 Å². The van der Waals surface area contributed by atoms with E-state index in [2.05, 4.69) is 55.4 Å². The van der Waals surface area contributed by atoms with Crippen molar-refractivity contribution in [2.45, 2.75) is 414 Å². The number of phosphoric acid groups is 2. The Bertz CT molecular complexity index is 1910. The number of rotatable bonds is 75. The van der Waals surface area contributed by atoms with Gasteiger partial charge in [0.2, 0.25) is 0 Å². The SMILES string of the molecule is CCC(C)CCCCCCCCCCCCCCCCC(=O)OC[C@H](COP(=O)(O)OC[C@@H](O)COP(=O)(O)OC[C@@H](COC(=O)CCCCCCCCC(C)CC)OC(=O)CCCCCCCCCCC(C)CC)OC(=O)CCCCCCCCCCCCCCCCC(C)C. The van der Waals surface area contributed by atoms with E-state index in [1.54, 1.807) is 0 Å². The molecule has 0 bridgehead atoms. The Morgan fingerprint density at radius 2 is 0.495 bits per heavy atom. The van der Waals surface area contributed by atoms with Gasteiger partial charge in [-0.05, 0) is 49.4 Å². The summed E-state index contributed by atoms with van der Waals surface area (Å²) in [5.41, 5.74) is 0. The minimum Gasteiger partial charge on any atom is -0.462 e. The highest BCUT2D eigenvalue weighted by atomic mass is 31.2. The van der Waals surface area contributed by atoms with Crippen molar-refractivity contribution in [3.05, 3.63) is 0 Å². The van der Waals surface area contributed by atoms with Crippen LogP contribution in [-0.2, 0) is 65.4 Å². The predicted molar refractivity (Wildman–Crippen MR) is 395 cm³/mol. The number of esters is 4. The lowest BCUT2D eigenvalue weighted by molar-refractivity contribution is -0.161. The fourth-order valence-corrected chi connectivity index (χ4v) is 13.4. The molecule has 3 N–H and O–H groups in total. The second-order valence-corrected chi connectivity index (χ2v) is 32.2. The van der Waals surface area contributed by atoms with E-state index in [0.29, 0.717) is 25.7 Å². The maximum Gasteiger partial charge on any atom is 0.472 e. The van der Waals surface area contributed by atoms with Crippen LogP contribution in [0, 0.1) is 23.7 Å². The Morgan fingerprint density at radius 1 is 0.289 bits per heavy atom. The molecule has 17 nitrogen and oxygen atoms in total. The molecule has 0 aliphatic rings. The molecule has 19 heteroatoms. The summed E-state index contributed by atoms with van der Waals surface area (Å²) >= 11 is 0. The molecule has 0 aromatic carbocycles. The number of unbranched alkanes of at least 4 members (excludes halogenated alkanes) is 38. The van der Waals surface area contributed by atoms with Gasteiger partial charge in [-0.3, -0.25) is 37.3 Å². The highest BCUT2D eigenvalue weighted by molar-refractivity contribution is 7.47. The summed E-state index contributed by atoms with van der Waals surface area (Å²) in [4.78, 5) is 72.9. The standard InChI is InChI=1S/C78H152O17P2/c1-9-69(6)55-47-39-31-25-21-17-13-15-18-22-26-33-42-50-58-75(80)88-64-73(94-77(82)60-52-44-34-27-23-19-14-12-16-20-24-30-38-46-54-68(4)5)66-92-96(84,85)90-62-72(79)63-91-97(86,87)93-67-74(65-89-76(81)59-51-43-37-36-41-49-57-71(8)11-3)95-78(83)61-53-45-35-29-28-32-40-48-56-70(7)10-2/h68-74,79H,9-67H2,1-8H3,(H,84,85)(H,86,87)/t69?,70?,71?,72-,73-,74-/m1/s1. The summed E-state index contributed by atoms with van der Waals surface area (Å²) in [6, 6.07) is 0. The zero-order valence-electron chi connectivity index (χ0n) is 63.7. The Kier molecular flexibility index (Phi) is 65.9. The van der Waals surface area contributed by atoms with Crippen LogP contribution >= 0.6 is 15.6 Å². The van der Waals surface area contributed by atoms with Gasteiger partial charge >= 0.3 is 39.5 Å². The second-order valence-electron chi connectivity index (χ2n) is 29.3. The number of aliphatic hydroxyl groups excluding tert-OH is 1. The molecule has 0 aromatic rings. The normalized spacial score (nSPS) is 14.9. The lowest BCUT2D eigenvalue weighted by atomic mass is 9.99. The molecule has 5 unspecified atom stereocenters. The minimum atomic E-state index is -4.96. The molecule has 0 amide bonds. The Morgan fingerprint density at radius 3 is 0.732 bits per heavy atom. The summed E-state index contributed by atoms with van der Waals surface area (Å²) in [5.74, 6) is 1.03. The number of phosphoric ester groups is 2. The van der Waals surface area contributed by atoms with Gasteiger partial charge in [-0.2, -0.15) is 0 Å². The quantitative estimate of drug-likeness (QED) is 0.0222. The van der Waals surface area contributed by atoms with E-state index in [1.165, 1.54) is 193 Å². The second kappa shape index (κ2) is 67.2. The van der Waals surface area contributed by atoms with Crippen LogP contribution in [0.4, 0.5) is 0 Å². The monoisotopic (exact) mass is 1420 g/mol. The van der Waals surface area contributed by atoms with E-state index < -0.39 is 97.5 Å². The number of carbonyl (C=O) groups excluding carboxylic acids is 4. The average Bonchev–Trinajstić information content (AvgIpc) is 1.62. The lowest BCUT2D eigenvalue weighted by Gasteiger charge is -2.21. The number of hydrogen-bond donors (Lipinski definition) is 3. The first kappa shape index (κ1) is 95.1. The van der Waals surface area contributed by atoms with E-state index in [4.69, 9.17) is 37.0 Å². The van der Waals surface area contributed by atoms with E-state index in [-0.39, 0.29) is 25.7 Å². The van der Waals surface area contributed by atoms with Crippen molar-refractivity contribution in [1.82, 2.24) is 0 Å². The van der Waals surface area contributed by atoms with Crippen molar-refractivity contribution < 1.29 is 80.2 Å². The molecule has 97 heavy (non-hydrogen) atoms. The van der Waals surface area contributed by atoms with E-state index >= 15 is 0 Å². The maximum atomic E-state index is 13.1. The first-order valence-corrected chi connectivity index (χ1v) is 43.3. The van der Waals surface area contributed by atoms with E-state index in [9.17, 15) is 43.2 Å². The van der Waals surface area contributed by atoms with Crippen molar-refractivity contribution in [3.63, 3.8) is 0 Å². The van der Waals surface area contributed by atoms with Crippen LogP contribution in [-0.4, -0.2) is 96.7 Å². The Labute approximate surface area is 594 Å². The van der Waals surface area contributed by atoms with Crippen molar-refractivity contribution in [3.8, 4) is 0 Å².